The van der Waals surface area contributed by atoms with Gasteiger partial charge in [0.25, 0.3) is 5.91 Å². The van der Waals surface area contributed by atoms with Crippen molar-refractivity contribution in [1.82, 2.24) is 14.6 Å². The highest BCUT2D eigenvalue weighted by molar-refractivity contribution is 6.00. The van der Waals surface area contributed by atoms with E-state index in [9.17, 15) is 14.4 Å². The molecule has 1 N–H and O–H groups in total. The summed E-state index contributed by atoms with van der Waals surface area (Å²) >= 11 is 0. The van der Waals surface area contributed by atoms with Crippen LogP contribution in [0.5, 0.6) is 0 Å². The molecule has 0 aliphatic carbocycles. The van der Waals surface area contributed by atoms with Gasteiger partial charge in [-0.05, 0) is 37.6 Å². The number of hydrogen-bond acceptors (Lipinski definition) is 7. The second-order valence-electron chi connectivity index (χ2n) is 5.99. The molecular formula is C19H18N4O5. The summed E-state index contributed by atoms with van der Waals surface area (Å²) in [6.07, 6.45) is 3.20. The van der Waals surface area contributed by atoms with E-state index in [1.54, 1.807) is 38.2 Å². The minimum Gasteiger partial charge on any atom is -0.465 e. The van der Waals surface area contributed by atoms with Gasteiger partial charge in [-0.2, -0.15) is 5.10 Å². The molecule has 2 heterocycles. The molecule has 1 aromatic carbocycles. The second-order valence-corrected chi connectivity index (χ2v) is 5.99. The number of amides is 1. The number of anilines is 1. The molecule has 0 unspecified atom stereocenters. The molecule has 0 radical (unpaired) electrons. The number of methoxy groups -OCH3 is 1. The van der Waals surface area contributed by atoms with Crippen LogP contribution in [0.1, 0.15) is 32.0 Å². The first-order chi connectivity index (χ1) is 13.4. The average molecular weight is 382 g/mol. The molecule has 2 aromatic heterocycles. The molecule has 0 aliphatic rings. The third kappa shape index (κ3) is 3.83. The maximum absolute atomic E-state index is 12.4. The number of carbonyl (C=O) groups excluding carboxylic acids is 3. The molecule has 0 spiro atoms. The minimum atomic E-state index is -0.693. The summed E-state index contributed by atoms with van der Waals surface area (Å²) in [6, 6.07) is 6.46. The number of nitrogens with zero attached hydrogens (tertiary/aromatic N) is 3. The number of carbonyl (C=O) groups is 3. The third-order valence-corrected chi connectivity index (χ3v) is 4.04. The lowest BCUT2D eigenvalue weighted by Gasteiger charge is -2.10. The Hall–Kier alpha value is -3.75. The summed E-state index contributed by atoms with van der Waals surface area (Å²) < 4.78 is 11.2. The Morgan fingerprint density at radius 2 is 1.96 bits per heavy atom. The molecule has 3 aromatic rings. The van der Waals surface area contributed by atoms with Crippen molar-refractivity contribution in [1.29, 1.82) is 0 Å². The molecule has 144 valence electrons. The SMILES string of the molecule is COC(=O)c1ccc(C)c(NC(=O)COC(=O)c2c(C)nn3cccnc23)c1. The van der Waals surface area contributed by atoms with Crippen molar-refractivity contribution < 1.29 is 23.9 Å². The van der Waals surface area contributed by atoms with E-state index in [4.69, 9.17) is 4.74 Å². The van der Waals surface area contributed by atoms with Crippen LogP contribution in [0.15, 0.2) is 36.7 Å². The Bertz CT molecular complexity index is 1070. The van der Waals surface area contributed by atoms with Crippen LogP contribution in [0.4, 0.5) is 5.69 Å². The van der Waals surface area contributed by atoms with Crippen molar-refractivity contribution >= 4 is 29.2 Å². The van der Waals surface area contributed by atoms with E-state index in [0.717, 1.165) is 5.56 Å². The molecule has 0 saturated carbocycles. The zero-order valence-corrected chi connectivity index (χ0v) is 15.6. The number of ether oxygens (including phenoxy) is 2. The molecule has 9 heteroatoms. The van der Waals surface area contributed by atoms with E-state index in [2.05, 4.69) is 20.1 Å². The Morgan fingerprint density at radius 1 is 1.18 bits per heavy atom. The van der Waals surface area contributed by atoms with Crippen LogP contribution < -0.4 is 5.32 Å². The predicted molar refractivity (Wildman–Crippen MR) is 99.2 cm³/mol. The van der Waals surface area contributed by atoms with Gasteiger partial charge >= 0.3 is 11.9 Å². The summed E-state index contributed by atoms with van der Waals surface area (Å²) in [7, 11) is 1.27. The second kappa shape index (κ2) is 7.87. The third-order valence-electron chi connectivity index (χ3n) is 4.04. The number of hydrogen-bond donors (Lipinski definition) is 1. The summed E-state index contributed by atoms with van der Waals surface area (Å²) in [6.45, 7) is 2.94. The Kier molecular flexibility index (Phi) is 5.35. The van der Waals surface area contributed by atoms with Crippen molar-refractivity contribution in [3.8, 4) is 0 Å². The van der Waals surface area contributed by atoms with Crippen molar-refractivity contribution in [2.24, 2.45) is 0 Å². The summed E-state index contributed by atoms with van der Waals surface area (Å²) in [5.74, 6) is -1.75. The molecule has 28 heavy (non-hydrogen) atoms. The number of esters is 2. The van der Waals surface area contributed by atoms with Crippen molar-refractivity contribution in [2.45, 2.75) is 13.8 Å². The van der Waals surface area contributed by atoms with Crippen LogP contribution in [0, 0.1) is 13.8 Å². The van der Waals surface area contributed by atoms with Gasteiger partial charge in [0, 0.05) is 18.1 Å². The number of rotatable bonds is 5. The first-order valence-corrected chi connectivity index (χ1v) is 8.36. The van der Waals surface area contributed by atoms with E-state index in [1.807, 2.05) is 0 Å². The van der Waals surface area contributed by atoms with Crippen LogP contribution in [0.2, 0.25) is 0 Å². The number of aromatic nitrogens is 3. The van der Waals surface area contributed by atoms with E-state index in [1.165, 1.54) is 23.9 Å². The van der Waals surface area contributed by atoms with Crippen LogP contribution in [0.25, 0.3) is 5.65 Å². The van der Waals surface area contributed by atoms with Gasteiger partial charge in [-0.25, -0.2) is 19.1 Å². The van der Waals surface area contributed by atoms with Gasteiger partial charge in [-0.15, -0.1) is 0 Å². The lowest BCUT2D eigenvalue weighted by Crippen LogP contribution is -2.22. The molecule has 0 atom stereocenters. The van der Waals surface area contributed by atoms with E-state index < -0.39 is 24.5 Å². The van der Waals surface area contributed by atoms with Crippen LogP contribution in [0.3, 0.4) is 0 Å². The molecule has 0 bridgehead atoms. The van der Waals surface area contributed by atoms with Crippen molar-refractivity contribution in [3.05, 3.63) is 59.0 Å². The fourth-order valence-electron chi connectivity index (χ4n) is 2.63. The van der Waals surface area contributed by atoms with E-state index >= 15 is 0 Å². The van der Waals surface area contributed by atoms with Crippen molar-refractivity contribution in [2.75, 3.05) is 19.0 Å². The van der Waals surface area contributed by atoms with Gasteiger partial charge in [0.05, 0.1) is 18.4 Å². The van der Waals surface area contributed by atoms with Gasteiger partial charge in [-0.1, -0.05) is 6.07 Å². The Balaban J connectivity index is 1.68. The number of aryl methyl sites for hydroxylation is 2. The lowest BCUT2D eigenvalue weighted by atomic mass is 10.1. The molecule has 0 fully saturated rings. The van der Waals surface area contributed by atoms with Crippen LogP contribution >= 0.6 is 0 Å². The fraction of sp³-hybridized carbons (Fsp3) is 0.211. The highest BCUT2D eigenvalue weighted by Gasteiger charge is 2.20. The van der Waals surface area contributed by atoms with Gasteiger partial charge < -0.3 is 14.8 Å². The van der Waals surface area contributed by atoms with E-state index in [0.29, 0.717) is 22.6 Å². The quantitative estimate of drug-likeness (QED) is 0.671. The zero-order valence-electron chi connectivity index (χ0n) is 15.6. The lowest BCUT2D eigenvalue weighted by molar-refractivity contribution is -0.119. The normalized spacial score (nSPS) is 10.5. The van der Waals surface area contributed by atoms with E-state index in [-0.39, 0.29) is 5.56 Å². The maximum atomic E-state index is 12.4. The number of nitrogens with one attached hydrogen (secondary N) is 1. The zero-order chi connectivity index (χ0) is 20.3. The first kappa shape index (κ1) is 19.0. The number of benzene rings is 1. The maximum Gasteiger partial charge on any atom is 0.344 e. The van der Waals surface area contributed by atoms with Crippen LogP contribution in [-0.4, -0.2) is 46.2 Å². The van der Waals surface area contributed by atoms with Gasteiger partial charge in [-0.3, -0.25) is 4.79 Å². The monoisotopic (exact) mass is 382 g/mol. The average Bonchev–Trinajstić information content (AvgIpc) is 3.03. The highest BCUT2D eigenvalue weighted by atomic mass is 16.5. The largest absolute Gasteiger partial charge is 0.465 e. The standard InChI is InChI=1S/C19H18N4O5/c1-11-5-6-13(18(25)27-3)9-14(11)21-15(24)10-28-19(26)16-12(2)22-23-8-4-7-20-17(16)23/h4-9H,10H2,1-3H3,(H,21,24). The first-order valence-electron chi connectivity index (χ1n) is 8.36. The fourth-order valence-corrected chi connectivity index (χ4v) is 2.63. The molecule has 0 aliphatic heterocycles. The predicted octanol–water partition coefficient (Wildman–Crippen LogP) is 1.93. The molecule has 0 saturated heterocycles. The molecule has 9 nitrogen and oxygen atoms in total. The van der Waals surface area contributed by atoms with Gasteiger partial charge in [0.15, 0.2) is 12.3 Å². The summed E-state index contributed by atoms with van der Waals surface area (Å²) in [5, 5.41) is 6.81. The van der Waals surface area contributed by atoms with Gasteiger partial charge in [0.1, 0.15) is 5.56 Å². The van der Waals surface area contributed by atoms with Crippen LogP contribution in [-0.2, 0) is 14.3 Å². The Labute approximate surface area is 160 Å². The topological polar surface area (TPSA) is 112 Å². The Morgan fingerprint density at radius 3 is 2.71 bits per heavy atom. The highest BCUT2D eigenvalue weighted by Crippen LogP contribution is 2.18. The molecule has 3 rings (SSSR count). The summed E-state index contributed by atoms with van der Waals surface area (Å²) in [4.78, 5) is 40.3. The summed E-state index contributed by atoms with van der Waals surface area (Å²) in [5.41, 5.74) is 2.48. The van der Waals surface area contributed by atoms with Gasteiger partial charge in [0.2, 0.25) is 0 Å². The minimum absolute atomic E-state index is 0.206. The molecule has 1 amide bonds. The van der Waals surface area contributed by atoms with Crippen molar-refractivity contribution in [3.63, 3.8) is 0 Å². The molecular weight excluding hydrogens is 364 g/mol. The smallest absolute Gasteiger partial charge is 0.344 e. The number of fused-ring (bicyclic) bond motifs is 1.